The average molecular weight is 294 g/mol. The van der Waals surface area contributed by atoms with Gasteiger partial charge in [-0.2, -0.15) is 0 Å². The molecule has 0 saturated heterocycles. The molecule has 0 unspecified atom stereocenters. The molecule has 0 aromatic heterocycles. The number of carboxylic acid groups (broad SMARTS) is 1. The predicted molar refractivity (Wildman–Crippen MR) is 71.6 cm³/mol. The standard InChI is InChI=1S/C13H8ClNO5/c14-10-7-8(5-6-11(10)15(18)19)20-12-4-2-1-3-9(12)13(16)17/h1-7H,(H,16,17). The van der Waals surface area contributed by atoms with E-state index in [2.05, 4.69) is 0 Å². The molecule has 0 heterocycles. The van der Waals surface area contributed by atoms with Gasteiger partial charge in [0.1, 0.15) is 22.1 Å². The monoisotopic (exact) mass is 293 g/mol. The third kappa shape index (κ3) is 2.86. The molecule has 0 amide bonds. The summed E-state index contributed by atoms with van der Waals surface area (Å²) in [5.74, 6) is -0.784. The number of rotatable bonds is 4. The van der Waals surface area contributed by atoms with Gasteiger partial charge in [0.25, 0.3) is 5.69 Å². The van der Waals surface area contributed by atoms with Crippen molar-refractivity contribution in [3.05, 3.63) is 63.2 Å². The van der Waals surface area contributed by atoms with E-state index < -0.39 is 10.9 Å². The number of hydrogen-bond acceptors (Lipinski definition) is 4. The Bertz CT molecular complexity index is 686. The molecule has 0 fully saturated rings. The van der Waals surface area contributed by atoms with Gasteiger partial charge in [0.15, 0.2) is 0 Å². The van der Waals surface area contributed by atoms with Gasteiger partial charge in [-0.25, -0.2) is 4.79 Å². The number of benzene rings is 2. The first kappa shape index (κ1) is 13.8. The van der Waals surface area contributed by atoms with Crippen LogP contribution in [0.2, 0.25) is 5.02 Å². The van der Waals surface area contributed by atoms with Crippen molar-refractivity contribution in [3.8, 4) is 11.5 Å². The van der Waals surface area contributed by atoms with E-state index in [1.165, 1.54) is 30.3 Å². The van der Waals surface area contributed by atoms with E-state index in [1.54, 1.807) is 12.1 Å². The molecule has 0 atom stereocenters. The van der Waals surface area contributed by atoms with Crippen LogP contribution in [0, 0.1) is 10.1 Å². The Morgan fingerprint density at radius 3 is 2.55 bits per heavy atom. The normalized spacial score (nSPS) is 10.1. The van der Waals surface area contributed by atoms with Crippen molar-refractivity contribution in [2.45, 2.75) is 0 Å². The lowest BCUT2D eigenvalue weighted by molar-refractivity contribution is -0.384. The number of hydrogen-bond donors (Lipinski definition) is 1. The Labute approximate surface area is 118 Å². The van der Waals surface area contributed by atoms with Crippen LogP contribution in [-0.2, 0) is 0 Å². The number of aromatic carboxylic acids is 1. The molecule has 102 valence electrons. The van der Waals surface area contributed by atoms with E-state index in [0.717, 1.165) is 0 Å². The van der Waals surface area contributed by atoms with Crippen molar-refractivity contribution < 1.29 is 19.6 Å². The summed E-state index contributed by atoms with van der Waals surface area (Å²) in [6.07, 6.45) is 0. The fourth-order valence-corrected chi connectivity index (χ4v) is 1.80. The first-order chi connectivity index (χ1) is 9.49. The minimum atomic E-state index is -1.13. The third-order valence-electron chi connectivity index (χ3n) is 2.46. The molecular weight excluding hydrogens is 286 g/mol. The zero-order valence-electron chi connectivity index (χ0n) is 9.95. The Kier molecular flexibility index (Phi) is 3.86. The molecule has 0 saturated carbocycles. The SMILES string of the molecule is O=C(O)c1ccccc1Oc1ccc([N+](=O)[O-])c(Cl)c1. The summed E-state index contributed by atoms with van der Waals surface area (Å²) in [6, 6.07) is 9.87. The smallest absolute Gasteiger partial charge is 0.339 e. The molecule has 0 aliphatic rings. The van der Waals surface area contributed by atoms with Crippen LogP contribution >= 0.6 is 11.6 Å². The zero-order valence-corrected chi connectivity index (χ0v) is 10.7. The molecule has 20 heavy (non-hydrogen) atoms. The molecule has 1 N–H and O–H groups in total. The molecule has 6 nitrogen and oxygen atoms in total. The van der Waals surface area contributed by atoms with E-state index in [1.807, 2.05) is 0 Å². The predicted octanol–water partition coefficient (Wildman–Crippen LogP) is 3.74. The first-order valence-corrected chi connectivity index (χ1v) is 5.81. The lowest BCUT2D eigenvalue weighted by Gasteiger charge is -2.08. The first-order valence-electron chi connectivity index (χ1n) is 5.43. The van der Waals surface area contributed by atoms with Gasteiger partial charge in [-0.3, -0.25) is 10.1 Å². The van der Waals surface area contributed by atoms with Gasteiger partial charge < -0.3 is 9.84 Å². The van der Waals surface area contributed by atoms with E-state index in [9.17, 15) is 14.9 Å². The van der Waals surface area contributed by atoms with Crippen LogP contribution in [0.15, 0.2) is 42.5 Å². The number of carboxylic acids is 1. The summed E-state index contributed by atoms with van der Waals surface area (Å²) in [5, 5.41) is 19.6. The van der Waals surface area contributed by atoms with Crippen molar-refractivity contribution in [1.82, 2.24) is 0 Å². The Morgan fingerprint density at radius 1 is 1.25 bits per heavy atom. The van der Waals surface area contributed by atoms with Gasteiger partial charge in [0.05, 0.1) is 4.92 Å². The van der Waals surface area contributed by atoms with E-state index in [4.69, 9.17) is 21.4 Å². The fraction of sp³-hybridized carbons (Fsp3) is 0. The maximum Gasteiger partial charge on any atom is 0.339 e. The van der Waals surface area contributed by atoms with Crippen molar-refractivity contribution in [2.75, 3.05) is 0 Å². The Morgan fingerprint density at radius 2 is 1.95 bits per heavy atom. The molecular formula is C13H8ClNO5. The van der Waals surface area contributed by atoms with Crippen LogP contribution in [0.25, 0.3) is 0 Å². The molecule has 7 heteroatoms. The molecule has 2 aromatic rings. The van der Waals surface area contributed by atoms with Gasteiger partial charge in [0.2, 0.25) is 0 Å². The van der Waals surface area contributed by atoms with Gasteiger partial charge in [0, 0.05) is 12.1 Å². The second-order valence-electron chi connectivity index (χ2n) is 3.77. The second-order valence-corrected chi connectivity index (χ2v) is 4.18. The topological polar surface area (TPSA) is 89.7 Å². The van der Waals surface area contributed by atoms with Crippen molar-refractivity contribution in [2.24, 2.45) is 0 Å². The lowest BCUT2D eigenvalue weighted by atomic mass is 10.2. The molecule has 0 aliphatic carbocycles. The summed E-state index contributed by atoms with van der Waals surface area (Å²) >= 11 is 5.75. The Hall–Kier alpha value is -2.60. The molecule has 2 aromatic carbocycles. The summed E-state index contributed by atoms with van der Waals surface area (Å²) in [6.45, 7) is 0. The van der Waals surface area contributed by atoms with E-state index in [-0.39, 0.29) is 27.8 Å². The highest BCUT2D eigenvalue weighted by Gasteiger charge is 2.15. The van der Waals surface area contributed by atoms with Crippen LogP contribution in [-0.4, -0.2) is 16.0 Å². The third-order valence-corrected chi connectivity index (χ3v) is 2.76. The number of nitro benzene ring substituents is 1. The second kappa shape index (κ2) is 5.58. The number of halogens is 1. The summed E-state index contributed by atoms with van der Waals surface area (Å²) in [4.78, 5) is 21.1. The van der Waals surface area contributed by atoms with Crippen molar-refractivity contribution in [3.63, 3.8) is 0 Å². The van der Waals surface area contributed by atoms with Crippen LogP contribution < -0.4 is 4.74 Å². The van der Waals surface area contributed by atoms with Gasteiger partial charge in [-0.1, -0.05) is 23.7 Å². The van der Waals surface area contributed by atoms with Crippen molar-refractivity contribution in [1.29, 1.82) is 0 Å². The Balaban J connectivity index is 2.34. The molecule has 0 bridgehead atoms. The highest BCUT2D eigenvalue weighted by molar-refractivity contribution is 6.32. The van der Waals surface area contributed by atoms with Crippen LogP contribution in [0.1, 0.15) is 10.4 Å². The van der Waals surface area contributed by atoms with E-state index >= 15 is 0 Å². The molecule has 0 radical (unpaired) electrons. The zero-order chi connectivity index (χ0) is 14.7. The average Bonchev–Trinajstić information content (AvgIpc) is 2.38. The number of nitro groups is 1. The minimum absolute atomic E-state index is 0.0121. The lowest BCUT2D eigenvalue weighted by Crippen LogP contribution is -1.99. The van der Waals surface area contributed by atoms with Gasteiger partial charge >= 0.3 is 5.97 Å². The summed E-state index contributed by atoms with van der Waals surface area (Å²) < 4.78 is 5.40. The number of para-hydroxylation sites is 1. The number of carbonyl (C=O) groups is 1. The highest BCUT2D eigenvalue weighted by Crippen LogP contribution is 2.32. The maximum absolute atomic E-state index is 11.0. The van der Waals surface area contributed by atoms with Crippen molar-refractivity contribution >= 4 is 23.3 Å². The van der Waals surface area contributed by atoms with Crippen LogP contribution in [0.5, 0.6) is 11.5 Å². The van der Waals surface area contributed by atoms with Gasteiger partial charge in [-0.05, 0) is 18.2 Å². The molecule has 0 spiro atoms. The number of nitrogens with zero attached hydrogens (tertiary/aromatic N) is 1. The van der Waals surface area contributed by atoms with Crippen LogP contribution in [0.3, 0.4) is 0 Å². The number of ether oxygens (including phenoxy) is 1. The molecule has 2 rings (SSSR count). The maximum atomic E-state index is 11.0. The minimum Gasteiger partial charge on any atom is -0.478 e. The van der Waals surface area contributed by atoms with Gasteiger partial charge in [-0.15, -0.1) is 0 Å². The van der Waals surface area contributed by atoms with Crippen LogP contribution in [0.4, 0.5) is 5.69 Å². The van der Waals surface area contributed by atoms with E-state index in [0.29, 0.717) is 0 Å². The highest BCUT2D eigenvalue weighted by atomic mass is 35.5. The summed E-state index contributed by atoms with van der Waals surface area (Å²) in [7, 11) is 0. The molecule has 0 aliphatic heterocycles. The fourth-order valence-electron chi connectivity index (χ4n) is 1.56. The summed E-state index contributed by atoms with van der Waals surface area (Å²) in [5.41, 5.74) is -0.257. The largest absolute Gasteiger partial charge is 0.478 e. The quantitative estimate of drug-likeness (QED) is 0.685.